The Hall–Kier alpha value is -3.82. The summed E-state index contributed by atoms with van der Waals surface area (Å²) in [5.74, 6) is -0.213. The number of hydrogen-bond acceptors (Lipinski definition) is 8. The number of imidazole rings is 1. The Morgan fingerprint density at radius 2 is 2.14 bits per heavy atom. The van der Waals surface area contributed by atoms with Gasteiger partial charge in [-0.1, -0.05) is 12.1 Å². The van der Waals surface area contributed by atoms with Gasteiger partial charge in [-0.3, -0.25) is 19.7 Å². The van der Waals surface area contributed by atoms with Crippen LogP contribution in [-0.2, 0) is 9.53 Å². The maximum Gasteiger partial charge on any atom is 0.324 e. The smallest absolute Gasteiger partial charge is 0.324 e. The van der Waals surface area contributed by atoms with Crippen molar-refractivity contribution < 1.29 is 9.53 Å². The zero-order valence-electron chi connectivity index (χ0n) is 19.9. The molecule has 180 valence electrons. The van der Waals surface area contributed by atoms with Gasteiger partial charge in [-0.05, 0) is 37.3 Å². The molecule has 1 aromatic carbocycles. The Balaban J connectivity index is 1.29. The molecule has 9 heteroatoms. The van der Waals surface area contributed by atoms with Crippen molar-refractivity contribution in [3.8, 4) is 22.6 Å². The highest BCUT2D eigenvalue weighted by Crippen LogP contribution is 2.30. The van der Waals surface area contributed by atoms with Crippen LogP contribution in [0.4, 0.5) is 5.69 Å². The minimum atomic E-state index is -0.267. The molecule has 0 radical (unpaired) electrons. The number of anilines is 1. The van der Waals surface area contributed by atoms with Crippen molar-refractivity contribution in [2.45, 2.75) is 13.0 Å². The first-order valence-electron chi connectivity index (χ1n) is 11.8. The van der Waals surface area contributed by atoms with Crippen molar-refractivity contribution in [3.05, 3.63) is 60.7 Å². The molecule has 0 unspecified atom stereocenters. The lowest BCUT2D eigenvalue weighted by atomic mass is 10.0. The number of ether oxygens (including phenoxy) is 1. The number of rotatable bonds is 7. The zero-order chi connectivity index (χ0) is 24.2. The Bertz CT molecular complexity index is 1340. The number of piperazine rings is 1. The second-order valence-electron chi connectivity index (χ2n) is 8.68. The number of pyridine rings is 2. The molecule has 9 nitrogen and oxygen atoms in total. The van der Waals surface area contributed by atoms with E-state index in [0.717, 1.165) is 71.1 Å². The van der Waals surface area contributed by atoms with Gasteiger partial charge in [0, 0.05) is 49.4 Å². The fraction of sp³-hybridized carbons (Fsp3) is 0.308. The predicted octanol–water partition coefficient (Wildman–Crippen LogP) is 2.85. The summed E-state index contributed by atoms with van der Waals surface area (Å²) in [7, 11) is 1.43. The molecule has 0 spiro atoms. The number of aromatic amines is 1. The predicted molar refractivity (Wildman–Crippen MR) is 136 cm³/mol. The topological polar surface area (TPSA) is 108 Å². The number of methoxy groups -OCH3 is 1. The zero-order valence-corrected chi connectivity index (χ0v) is 19.9. The number of nitrogens with one attached hydrogen (secondary N) is 3. The fourth-order valence-electron chi connectivity index (χ4n) is 4.44. The van der Waals surface area contributed by atoms with E-state index in [0.29, 0.717) is 6.54 Å². The Kier molecular flexibility index (Phi) is 6.69. The molecule has 1 aliphatic heterocycles. The van der Waals surface area contributed by atoms with Crippen molar-refractivity contribution in [2.75, 3.05) is 45.2 Å². The summed E-state index contributed by atoms with van der Waals surface area (Å²) < 4.78 is 4.86. The van der Waals surface area contributed by atoms with Gasteiger partial charge in [-0.25, -0.2) is 4.98 Å². The molecule has 3 N–H and O–H groups in total. The minimum absolute atomic E-state index is 0.213. The molecule has 0 bridgehead atoms. The Morgan fingerprint density at radius 3 is 3.00 bits per heavy atom. The van der Waals surface area contributed by atoms with Crippen LogP contribution in [0.5, 0.6) is 0 Å². The summed E-state index contributed by atoms with van der Waals surface area (Å²) in [5, 5.41) is 7.71. The van der Waals surface area contributed by atoms with Crippen LogP contribution in [0.1, 0.15) is 5.69 Å². The molecule has 1 saturated heterocycles. The maximum atomic E-state index is 11.8. The second-order valence-corrected chi connectivity index (χ2v) is 8.68. The molecule has 5 rings (SSSR count). The van der Waals surface area contributed by atoms with Crippen molar-refractivity contribution in [2.24, 2.45) is 0 Å². The molecular formula is C26H29N7O2. The third-order valence-electron chi connectivity index (χ3n) is 6.24. The number of benzene rings is 1. The Labute approximate surface area is 204 Å². The Morgan fingerprint density at radius 1 is 1.23 bits per heavy atom. The van der Waals surface area contributed by atoms with Crippen molar-refractivity contribution in [1.82, 2.24) is 30.2 Å². The lowest BCUT2D eigenvalue weighted by Crippen LogP contribution is -2.55. The number of carbonyl (C=O) groups excluding carboxylic acids is 1. The summed E-state index contributed by atoms with van der Waals surface area (Å²) >= 11 is 0. The van der Waals surface area contributed by atoms with Crippen molar-refractivity contribution in [1.29, 1.82) is 0 Å². The lowest BCUT2D eigenvalue weighted by Gasteiger charge is -2.32. The van der Waals surface area contributed by atoms with Gasteiger partial charge in [-0.2, -0.15) is 0 Å². The van der Waals surface area contributed by atoms with Gasteiger partial charge >= 0.3 is 5.97 Å². The quantitative estimate of drug-likeness (QED) is 0.353. The third kappa shape index (κ3) is 5.16. The van der Waals surface area contributed by atoms with Gasteiger partial charge < -0.3 is 20.4 Å². The number of hydrogen-bond donors (Lipinski definition) is 3. The molecule has 1 atom stereocenters. The molecule has 4 aromatic rings. The molecule has 0 saturated carbocycles. The summed E-state index contributed by atoms with van der Waals surface area (Å²) in [4.78, 5) is 31.2. The standard InChI is InChI=1S/C26H29N7O2/c1-17-4-3-5-22(32-17)25-24(30-16-31-25)18-6-7-21-19(12-18)13-20(14-29-21)27-8-10-33-11-9-28-23(15-33)26(34)35-2/h3-7,12-14,16,23,27-28H,8-11,15H2,1-2H3,(H,30,31)/t23-/m0/s1. The van der Waals surface area contributed by atoms with E-state index in [1.165, 1.54) is 7.11 Å². The number of H-pyrrole nitrogens is 1. The molecule has 1 fully saturated rings. The number of fused-ring (bicyclic) bond motifs is 1. The highest BCUT2D eigenvalue weighted by molar-refractivity contribution is 5.88. The summed E-state index contributed by atoms with van der Waals surface area (Å²) in [6, 6.07) is 14.0. The largest absolute Gasteiger partial charge is 0.468 e. The van der Waals surface area contributed by atoms with Gasteiger partial charge in [0.05, 0.1) is 47.9 Å². The number of aryl methyl sites for hydroxylation is 1. The van der Waals surface area contributed by atoms with E-state index in [1.807, 2.05) is 43.5 Å². The van der Waals surface area contributed by atoms with Crippen LogP contribution in [0, 0.1) is 6.92 Å². The molecule has 3 aromatic heterocycles. The maximum absolute atomic E-state index is 11.8. The van der Waals surface area contributed by atoms with Crippen molar-refractivity contribution >= 4 is 22.6 Å². The van der Waals surface area contributed by atoms with Crippen LogP contribution in [0.3, 0.4) is 0 Å². The van der Waals surface area contributed by atoms with Crippen molar-refractivity contribution in [3.63, 3.8) is 0 Å². The van der Waals surface area contributed by atoms with Crippen LogP contribution in [0.15, 0.2) is 55.0 Å². The van der Waals surface area contributed by atoms with Gasteiger partial charge in [-0.15, -0.1) is 0 Å². The third-order valence-corrected chi connectivity index (χ3v) is 6.24. The van der Waals surface area contributed by atoms with E-state index in [1.54, 1.807) is 6.33 Å². The molecule has 1 aliphatic rings. The van der Waals surface area contributed by atoms with Crippen LogP contribution in [-0.4, -0.2) is 76.7 Å². The van der Waals surface area contributed by atoms with E-state index in [2.05, 4.69) is 47.6 Å². The van der Waals surface area contributed by atoms with E-state index in [-0.39, 0.29) is 12.0 Å². The average Bonchev–Trinajstić information content (AvgIpc) is 3.38. The molecule has 0 aliphatic carbocycles. The van der Waals surface area contributed by atoms with Gasteiger partial charge in [0.1, 0.15) is 6.04 Å². The molecule has 35 heavy (non-hydrogen) atoms. The molecule has 0 amide bonds. The summed E-state index contributed by atoms with van der Waals surface area (Å²) in [5.41, 5.74) is 6.48. The monoisotopic (exact) mass is 471 g/mol. The van der Waals surface area contributed by atoms with E-state index < -0.39 is 0 Å². The summed E-state index contributed by atoms with van der Waals surface area (Å²) in [6.07, 6.45) is 3.56. The lowest BCUT2D eigenvalue weighted by molar-refractivity contribution is -0.144. The van der Waals surface area contributed by atoms with Crippen LogP contribution in [0.2, 0.25) is 0 Å². The van der Waals surface area contributed by atoms with Gasteiger partial charge in [0.25, 0.3) is 0 Å². The average molecular weight is 472 g/mol. The van der Waals surface area contributed by atoms with Crippen LogP contribution < -0.4 is 10.6 Å². The number of nitrogens with zero attached hydrogens (tertiary/aromatic N) is 4. The summed E-state index contributed by atoms with van der Waals surface area (Å²) in [6.45, 7) is 5.88. The molecule has 4 heterocycles. The highest BCUT2D eigenvalue weighted by Gasteiger charge is 2.25. The second kappa shape index (κ2) is 10.2. The number of esters is 1. The van der Waals surface area contributed by atoms with Crippen LogP contribution >= 0.6 is 0 Å². The number of aromatic nitrogens is 4. The SMILES string of the molecule is COC(=O)[C@@H]1CN(CCNc2cnc3ccc(-c4nc[nH]c4-c4cccc(C)n4)cc3c2)CCN1. The molecular weight excluding hydrogens is 442 g/mol. The first kappa shape index (κ1) is 22.9. The first-order chi connectivity index (χ1) is 17.1. The minimum Gasteiger partial charge on any atom is -0.468 e. The first-order valence-corrected chi connectivity index (χ1v) is 11.8. The van der Waals surface area contributed by atoms with Crippen LogP contribution in [0.25, 0.3) is 33.5 Å². The van der Waals surface area contributed by atoms with E-state index in [4.69, 9.17) is 4.74 Å². The normalized spacial score (nSPS) is 16.3. The van der Waals surface area contributed by atoms with E-state index in [9.17, 15) is 4.79 Å². The number of carbonyl (C=O) groups is 1. The highest BCUT2D eigenvalue weighted by atomic mass is 16.5. The van der Waals surface area contributed by atoms with E-state index >= 15 is 0 Å². The fourth-order valence-corrected chi connectivity index (χ4v) is 4.44. The van der Waals surface area contributed by atoms with Gasteiger partial charge in [0.2, 0.25) is 0 Å². The van der Waals surface area contributed by atoms with Gasteiger partial charge in [0.15, 0.2) is 0 Å².